The molecule has 106 valence electrons. The number of aromatic nitrogens is 4. The van der Waals surface area contributed by atoms with Crippen LogP contribution < -0.4 is 5.32 Å². The van der Waals surface area contributed by atoms with Gasteiger partial charge in [0.15, 0.2) is 5.82 Å². The van der Waals surface area contributed by atoms with Gasteiger partial charge in [0.05, 0.1) is 0 Å². The second-order valence-corrected chi connectivity index (χ2v) is 5.24. The molecule has 1 aromatic heterocycles. The zero-order chi connectivity index (χ0) is 13.9. The molecule has 6 heteroatoms. The first-order valence-electron chi connectivity index (χ1n) is 6.96. The number of tetrazole rings is 1. The highest BCUT2D eigenvalue weighted by molar-refractivity contribution is 5.21. The number of hydrogen-bond donors (Lipinski definition) is 1. The Morgan fingerprint density at radius 2 is 1.95 bits per heavy atom. The van der Waals surface area contributed by atoms with Gasteiger partial charge in [0.25, 0.3) is 0 Å². The Kier molecular flexibility index (Phi) is 3.73. The van der Waals surface area contributed by atoms with Gasteiger partial charge in [-0.1, -0.05) is 12.1 Å². The molecule has 2 heterocycles. The van der Waals surface area contributed by atoms with Gasteiger partial charge in [0, 0.05) is 0 Å². The van der Waals surface area contributed by atoms with Gasteiger partial charge in [-0.05, 0) is 61.7 Å². The Bertz CT molecular complexity index is 559. The first kappa shape index (κ1) is 13.2. The van der Waals surface area contributed by atoms with E-state index in [0.29, 0.717) is 11.7 Å². The molecule has 1 atom stereocenters. The number of rotatable bonds is 3. The lowest BCUT2D eigenvalue weighted by Crippen LogP contribution is -2.34. The number of halogens is 1. The lowest BCUT2D eigenvalue weighted by atomic mass is 9.86. The molecule has 1 N–H and O–H groups in total. The van der Waals surface area contributed by atoms with E-state index in [1.54, 1.807) is 4.80 Å². The van der Waals surface area contributed by atoms with Crippen LogP contribution in [-0.2, 0) is 0 Å². The van der Waals surface area contributed by atoms with Crippen LogP contribution in [-0.4, -0.2) is 33.3 Å². The van der Waals surface area contributed by atoms with E-state index in [9.17, 15) is 4.39 Å². The quantitative estimate of drug-likeness (QED) is 0.926. The summed E-state index contributed by atoms with van der Waals surface area (Å²) in [6.07, 6.45) is 2.12. The summed E-state index contributed by atoms with van der Waals surface area (Å²) >= 11 is 0. The standard InChI is InChI=1S/C14H18FN5/c1-10-17-19-20(18-10)14(12-6-8-16-9-7-12)11-2-4-13(15)5-3-11/h2-5,12,14,16H,6-9H2,1H3/t14-/m0/s1. The summed E-state index contributed by atoms with van der Waals surface area (Å²) < 4.78 is 13.1. The number of benzene rings is 1. The van der Waals surface area contributed by atoms with Gasteiger partial charge in [-0.15, -0.1) is 10.2 Å². The molecule has 5 nitrogen and oxygen atoms in total. The van der Waals surface area contributed by atoms with Crippen molar-refractivity contribution in [2.45, 2.75) is 25.8 Å². The molecular formula is C14H18FN5. The zero-order valence-electron chi connectivity index (χ0n) is 11.5. The van der Waals surface area contributed by atoms with Crippen LogP contribution in [0, 0.1) is 18.7 Å². The van der Waals surface area contributed by atoms with Crippen molar-refractivity contribution >= 4 is 0 Å². The topological polar surface area (TPSA) is 55.6 Å². The van der Waals surface area contributed by atoms with Gasteiger partial charge >= 0.3 is 0 Å². The second kappa shape index (κ2) is 5.66. The number of aryl methyl sites for hydroxylation is 1. The summed E-state index contributed by atoms with van der Waals surface area (Å²) in [4.78, 5) is 1.68. The van der Waals surface area contributed by atoms with Gasteiger partial charge < -0.3 is 5.32 Å². The van der Waals surface area contributed by atoms with E-state index >= 15 is 0 Å². The molecule has 1 aliphatic heterocycles. The molecular weight excluding hydrogens is 257 g/mol. The molecule has 0 unspecified atom stereocenters. The van der Waals surface area contributed by atoms with E-state index in [-0.39, 0.29) is 11.9 Å². The third-order valence-corrected chi connectivity index (χ3v) is 3.82. The van der Waals surface area contributed by atoms with Gasteiger partial charge in [-0.25, -0.2) is 4.39 Å². The minimum Gasteiger partial charge on any atom is -0.317 e. The zero-order valence-corrected chi connectivity index (χ0v) is 11.5. The summed E-state index contributed by atoms with van der Waals surface area (Å²) in [5, 5.41) is 15.8. The molecule has 0 aliphatic carbocycles. The summed E-state index contributed by atoms with van der Waals surface area (Å²) in [5.41, 5.74) is 1.04. The summed E-state index contributed by atoms with van der Waals surface area (Å²) in [6.45, 7) is 3.82. The summed E-state index contributed by atoms with van der Waals surface area (Å²) in [5.74, 6) is 0.877. The largest absolute Gasteiger partial charge is 0.317 e. The van der Waals surface area contributed by atoms with Crippen LogP contribution in [0.1, 0.15) is 30.3 Å². The molecule has 0 amide bonds. The predicted molar refractivity (Wildman–Crippen MR) is 72.7 cm³/mol. The predicted octanol–water partition coefficient (Wildman–Crippen LogP) is 1.71. The van der Waals surface area contributed by atoms with Crippen molar-refractivity contribution < 1.29 is 4.39 Å². The van der Waals surface area contributed by atoms with E-state index in [4.69, 9.17) is 0 Å². The van der Waals surface area contributed by atoms with Crippen LogP contribution in [0.25, 0.3) is 0 Å². The monoisotopic (exact) mass is 275 g/mol. The van der Waals surface area contributed by atoms with Crippen LogP contribution in [0.5, 0.6) is 0 Å². The Labute approximate surface area is 117 Å². The fourth-order valence-electron chi connectivity index (χ4n) is 2.83. The van der Waals surface area contributed by atoms with E-state index < -0.39 is 0 Å². The minimum absolute atomic E-state index is 0.0268. The molecule has 1 fully saturated rings. The molecule has 0 bridgehead atoms. The third-order valence-electron chi connectivity index (χ3n) is 3.82. The molecule has 1 aliphatic rings. The van der Waals surface area contributed by atoms with Gasteiger partial charge in [-0.2, -0.15) is 4.80 Å². The van der Waals surface area contributed by atoms with E-state index in [0.717, 1.165) is 31.5 Å². The van der Waals surface area contributed by atoms with Crippen molar-refractivity contribution in [1.29, 1.82) is 0 Å². The van der Waals surface area contributed by atoms with E-state index in [1.165, 1.54) is 12.1 Å². The third kappa shape index (κ3) is 2.70. The lowest BCUT2D eigenvalue weighted by Gasteiger charge is -2.30. The molecule has 1 saturated heterocycles. The van der Waals surface area contributed by atoms with Crippen LogP contribution >= 0.6 is 0 Å². The molecule has 0 spiro atoms. The lowest BCUT2D eigenvalue weighted by molar-refractivity contribution is 0.257. The van der Waals surface area contributed by atoms with Crippen molar-refractivity contribution in [3.05, 3.63) is 41.5 Å². The van der Waals surface area contributed by atoms with Crippen molar-refractivity contribution in [1.82, 2.24) is 25.5 Å². The number of piperidine rings is 1. The second-order valence-electron chi connectivity index (χ2n) is 5.24. The van der Waals surface area contributed by atoms with Crippen molar-refractivity contribution in [2.24, 2.45) is 5.92 Å². The average Bonchev–Trinajstić information content (AvgIpc) is 2.89. The molecule has 3 rings (SSSR count). The van der Waals surface area contributed by atoms with Gasteiger partial charge in [0.2, 0.25) is 0 Å². The summed E-state index contributed by atoms with van der Waals surface area (Å²) in [6, 6.07) is 6.65. The number of nitrogens with zero attached hydrogens (tertiary/aromatic N) is 4. The molecule has 0 radical (unpaired) electrons. The highest BCUT2D eigenvalue weighted by Crippen LogP contribution is 2.31. The van der Waals surface area contributed by atoms with Gasteiger partial charge in [0.1, 0.15) is 11.9 Å². The maximum Gasteiger partial charge on any atom is 0.171 e. The molecule has 2 aromatic rings. The molecule has 0 saturated carbocycles. The average molecular weight is 275 g/mol. The van der Waals surface area contributed by atoms with Crippen molar-refractivity contribution in [3.63, 3.8) is 0 Å². The Morgan fingerprint density at radius 1 is 1.25 bits per heavy atom. The smallest absolute Gasteiger partial charge is 0.171 e. The van der Waals surface area contributed by atoms with E-state index in [1.807, 2.05) is 19.1 Å². The van der Waals surface area contributed by atoms with Gasteiger partial charge in [-0.3, -0.25) is 0 Å². The number of nitrogens with one attached hydrogen (secondary N) is 1. The molecule has 20 heavy (non-hydrogen) atoms. The number of hydrogen-bond acceptors (Lipinski definition) is 4. The highest BCUT2D eigenvalue weighted by atomic mass is 19.1. The SMILES string of the molecule is Cc1nnn([C@@H](c2ccc(F)cc2)C2CCNCC2)n1. The van der Waals surface area contributed by atoms with E-state index in [2.05, 4.69) is 20.7 Å². The summed E-state index contributed by atoms with van der Waals surface area (Å²) in [7, 11) is 0. The first-order valence-corrected chi connectivity index (χ1v) is 6.96. The maximum atomic E-state index is 13.1. The fourth-order valence-corrected chi connectivity index (χ4v) is 2.83. The van der Waals surface area contributed by atoms with Crippen molar-refractivity contribution in [2.75, 3.05) is 13.1 Å². The van der Waals surface area contributed by atoms with Crippen LogP contribution in [0.3, 0.4) is 0 Å². The minimum atomic E-state index is -0.222. The highest BCUT2D eigenvalue weighted by Gasteiger charge is 2.28. The van der Waals surface area contributed by atoms with Crippen LogP contribution in [0.4, 0.5) is 4.39 Å². The first-order chi connectivity index (χ1) is 9.74. The Morgan fingerprint density at radius 3 is 2.55 bits per heavy atom. The van der Waals surface area contributed by atoms with Crippen LogP contribution in [0.15, 0.2) is 24.3 Å². The normalized spacial score (nSPS) is 18.1. The molecule has 1 aromatic carbocycles. The Hall–Kier alpha value is -1.82. The van der Waals surface area contributed by atoms with Crippen molar-refractivity contribution in [3.8, 4) is 0 Å². The Balaban J connectivity index is 1.95. The fraction of sp³-hybridized carbons (Fsp3) is 0.500. The van der Waals surface area contributed by atoms with Crippen LogP contribution in [0.2, 0.25) is 0 Å². The maximum absolute atomic E-state index is 13.1.